The molecule has 0 radical (unpaired) electrons. The summed E-state index contributed by atoms with van der Waals surface area (Å²) in [5.74, 6) is -1.04. The fourth-order valence-electron chi connectivity index (χ4n) is 4.60. The highest BCUT2D eigenvalue weighted by Crippen LogP contribution is 2.45. The molecule has 1 saturated carbocycles. The maximum atomic E-state index is 15.0. The largest absolute Gasteiger partial charge is 0.489 e. The maximum absolute atomic E-state index is 15.0. The number of carbonyl (C=O) groups excluding carboxylic acids is 1. The first-order valence-corrected chi connectivity index (χ1v) is 13.4. The smallest absolute Gasteiger partial charge is 0.304 e. The first-order chi connectivity index (χ1) is 16.4. The van der Waals surface area contributed by atoms with Crippen LogP contribution in [0.25, 0.3) is 0 Å². The van der Waals surface area contributed by atoms with Crippen LogP contribution in [0.4, 0.5) is 4.39 Å². The zero-order chi connectivity index (χ0) is 23.7. The molecular weight excluding hydrogens is 457 g/mol. The third-order valence-electron chi connectivity index (χ3n) is 6.74. The molecule has 2 heterocycles. The van der Waals surface area contributed by atoms with E-state index < -0.39 is 21.9 Å². The van der Waals surface area contributed by atoms with Crippen molar-refractivity contribution in [1.29, 1.82) is 0 Å². The number of nitrogens with one attached hydrogen (secondary N) is 1. The molecule has 3 aliphatic rings. The number of carbonyl (C=O) groups is 1. The van der Waals surface area contributed by atoms with Gasteiger partial charge in [0.15, 0.2) is 0 Å². The minimum Gasteiger partial charge on any atom is -0.489 e. The maximum Gasteiger partial charge on any atom is 0.304 e. The molecule has 34 heavy (non-hydrogen) atoms. The molecule has 1 amide bonds. The summed E-state index contributed by atoms with van der Waals surface area (Å²) in [6.07, 6.45) is 4.45. The van der Waals surface area contributed by atoms with Crippen LogP contribution in [0, 0.1) is 5.82 Å². The van der Waals surface area contributed by atoms with Gasteiger partial charge in [0, 0.05) is 32.2 Å². The topological polar surface area (TPSA) is 79.0 Å². The van der Waals surface area contributed by atoms with Gasteiger partial charge in [-0.3, -0.25) is 9.69 Å². The van der Waals surface area contributed by atoms with E-state index >= 15 is 0 Å². The Kier molecular flexibility index (Phi) is 6.59. The van der Waals surface area contributed by atoms with Gasteiger partial charge in [-0.15, -0.1) is 0 Å². The third-order valence-corrected chi connectivity index (χ3v) is 8.23. The highest BCUT2D eigenvalue weighted by Gasteiger charge is 2.33. The van der Waals surface area contributed by atoms with Gasteiger partial charge in [0.05, 0.1) is 5.56 Å². The molecule has 2 aliphatic heterocycles. The Labute approximate surface area is 200 Å². The molecule has 5 rings (SSSR count). The van der Waals surface area contributed by atoms with Crippen molar-refractivity contribution >= 4 is 16.1 Å². The number of hydrogen-bond acceptors (Lipinski definition) is 5. The van der Waals surface area contributed by atoms with Crippen LogP contribution in [0.3, 0.4) is 0 Å². The summed E-state index contributed by atoms with van der Waals surface area (Å²) in [5, 5.41) is 0. The molecule has 2 saturated heterocycles. The highest BCUT2D eigenvalue weighted by atomic mass is 32.2. The van der Waals surface area contributed by atoms with Gasteiger partial charge in [0.25, 0.3) is 5.91 Å². The van der Waals surface area contributed by atoms with E-state index in [0.717, 1.165) is 57.3 Å². The average molecular weight is 488 g/mol. The molecule has 2 aromatic rings. The fraction of sp³-hybridized carbons (Fsp3) is 0.480. The van der Waals surface area contributed by atoms with E-state index in [0.29, 0.717) is 18.8 Å². The van der Waals surface area contributed by atoms with E-state index in [-0.39, 0.29) is 17.6 Å². The predicted molar refractivity (Wildman–Crippen MR) is 126 cm³/mol. The monoisotopic (exact) mass is 487 g/mol. The van der Waals surface area contributed by atoms with E-state index in [2.05, 4.69) is 17.0 Å². The number of hydrogen-bond donors (Lipinski definition) is 1. The highest BCUT2D eigenvalue weighted by molar-refractivity contribution is 7.87. The van der Waals surface area contributed by atoms with Gasteiger partial charge in [-0.2, -0.15) is 12.7 Å². The number of rotatable bonds is 8. The lowest BCUT2D eigenvalue weighted by molar-refractivity contribution is 0.0832. The Morgan fingerprint density at radius 1 is 1.06 bits per heavy atom. The van der Waals surface area contributed by atoms with Gasteiger partial charge in [0.1, 0.15) is 17.7 Å². The van der Waals surface area contributed by atoms with Crippen molar-refractivity contribution in [3.8, 4) is 5.75 Å². The van der Waals surface area contributed by atoms with E-state index in [9.17, 15) is 17.6 Å². The van der Waals surface area contributed by atoms with Crippen LogP contribution in [0.15, 0.2) is 42.5 Å². The summed E-state index contributed by atoms with van der Waals surface area (Å²) in [5.41, 5.74) is 1.78. The number of halogens is 1. The van der Waals surface area contributed by atoms with Crippen LogP contribution < -0.4 is 9.46 Å². The van der Waals surface area contributed by atoms with Gasteiger partial charge < -0.3 is 4.74 Å². The van der Waals surface area contributed by atoms with Gasteiger partial charge >= 0.3 is 10.2 Å². The quantitative estimate of drug-likeness (QED) is 0.617. The number of likely N-dealkylation sites (tertiary alicyclic amines) is 1. The Bertz CT molecular complexity index is 1150. The van der Waals surface area contributed by atoms with Crippen LogP contribution in [-0.4, -0.2) is 55.8 Å². The Balaban J connectivity index is 1.30. The molecule has 0 aromatic heterocycles. The zero-order valence-corrected chi connectivity index (χ0v) is 19.9. The average Bonchev–Trinajstić information content (AvgIpc) is 3.58. The first kappa shape index (κ1) is 23.3. The normalized spacial score (nSPS) is 21.6. The van der Waals surface area contributed by atoms with Crippen molar-refractivity contribution in [3.63, 3.8) is 0 Å². The lowest BCUT2D eigenvalue weighted by Crippen LogP contribution is -2.49. The summed E-state index contributed by atoms with van der Waals surface area (Å²) < 4.78 is 49.0. The van der Waals surface area contributed by atoms with Crippen LogP contribution in [-0.2, 0) is 16.8 Å². The third kappa shape index (κ3) is 5.26. The van der Waals surface area contributed by atoms with E-state index in [4.69, 9.17) is 4.74 Å². The number of piperidine rings is 1. The second kappa shape index (κ2) is 9.64. The van der Waals surface area contributed by atoms with Crippen LogP contribution in [0.1, 0.15) is 59.5 Å². The Morgan fingerprint density at radius 2 is 1.82 bits per heavy atom. The molecule has 1 atom stereocenters. The zero-order valence-electron chi connectivity index (χ0n) is 19.1. The van der Waals surface area contributed by atoms with E-state index in [1.807, 2.05) is 22.9 Å². The molecule has 7 nitrogen and oxygen atoms in total. The molecule has 3 fully saturated rings. The molecule has 1 N–H and O–H groups in total. The number of nitrogens with zero attached hydrogens (tertiary/aromatic N) is 2. The van der Waals surface area contributed by atoms with Crippen LogP contribution in [0.2, 0.25) is 0 Å². The summed E-state index contributed by atoms with van der Waals surface area (Å²) in [6, 6.07) is 13.0. The van der Waals surface area contributed by atoms with Gasteiger partial charge in [-0.05, 0) is 61.8 Å². The van der Waals surface area contributed by atoms with Crippen molar-refractivity contribution in [1.82, 2.24) is 13.9 Å². The van der Waals surface area contributed by atoms with Crippen LogP contribution >= 0.6 is 0 Å². The molecule has 2 aromatic carbocycles. The molecule has 9 heteroatoms. The molecule has 1 unspecified atom stereocenters. The Morgan fingerprint density at radius 3 is 2.50 bits per heavy atom. The second-order valence-corrected chi connectivity index (χ2v) is 11.1. The van der Waals surface area contributed by atoms with Crippen molar-refractivity contribution in [2.24, 2.45) is 0 Å². The summed E-state index contributed by atoms with van der Waals surface area (Å²) >= 11 is 0. The van der Waals surface area contributed by atoms with Gasteiger partial charge in [-0.25, -0.2) is 9.11 Å². The lowest BCUT2D eigenvalue weighted by atomic mass is 10.0. The molecular formula is C25H30FN3O4S. The molecule has 0 bridgehead atoms. The van der Waals surface area contributed by atoms with Gasteiger partial charge in [0.2, 0.25) is 0 Å². The molecule has 0 spiro atoms. The van der Waals surface area contributed by atoms with Crippen LogP contribution in [0.5, 0.6) is 5.75 Å². The first-order valence-electron chi connectivity index (χ1n) is 12.0. The predicted octanol–water partition coefficient (Wildman–Crippen LogP) is 3.43. The van der Waals surface area contributed by atoms with E-state index in [1.165, 1.54) is 22.0 Å². The summed E-state index contributed by atoms with van der Waals surface area (Å²) in [6.45, 7) is 3.32. The minimum atomic E-state index is -3.94. The summed E-state index contributed by atoms with van der Waals surface area (Å²) in [7, 11) is -3.94. The van der Waals surface area contributed by atoms with Crippen molar-refractivity contribution in [2.45, 2.75) is 50.7 Å². The molecule has 182 valence electrons. The minimum absolute atomic E-state index is 0.0687. The van der Waals surface area contributed by atoms with Crippen molar-refractivity contribution in [2.75, 3.05) is 26.2 Å². The lowest BCUT2D eigenvalue weighted by Gasteiger charge is -2.33. The van der Waals surface area contributed by atoms with Crippen molar-refractivity contribution in [3.05, 3.63) is 65.0 Å². The molecule has 1 aliphatic carbocycles. The summed E-state index contributed by atoms with van der Waals surface area (Å²) in [4.78, 5) is 15.0. The number of amides is 1. The van der Waals surface area contributed by atoms with Crippen molar-refractivity contribution < 1.29 is 22.3 Å². The number of ether oxygens (including phenoxy) is 1. The Hall–Kier alpha value is -2.49. The SMILES string of the molecule is O=C(NS(=O)(=O)N1CCC1)c1cc(C2CC2)c(OC2CCCN(Cc3ccccc3)C2)cc1F. The second-order valence-electron chi connectivity index (χ2n) is 9.44. The standard InChI is InChI=1S/C25H30FN3O4S/c26-23-15-24(33-20-8-4-11-28(17-20)16-18-6-2-1-3-7-18)21(19-9-10-19)14-22(23)25(30)27-34(31,32)29-12-5-13-29/h1-3,6-7,14-15,19-20H,4-5,8-13,16-17H2,(H,27,30). The van der Waals surface area contributed by atoms with E-state index in [1.54, 1.807) is 0 Å². The fourth-order valence-corrected chi connectivity index (χ4v) is 5.81. The number of benzene rings is 2. The van der Waals surface area contributed by atoms with Gasteiger partial charge in [-0.1, -0.05) is 30.3 Å².